The lowest BCUT2D eigenvalue weighted by molar-refractivity contribution is -0.137. The van der Waals surface area contributed by atoms with E-state index in [2.05, 4.69) is 15.8 Å². The largest absolute Gasteiger partial charge is 0.484 e. The van der Waals surface area contributed by atoms with Gasteiger partial charge in [-0.2, -0.15) is 5.10 Å². The summed E-state index contributed by atoms with van der Waals surface area (Å²) in [6.45, 7) is 5.78. The summed E-state index contributed by atoms with van der Waals surface area (Å²) in [5.41, 5.74) is 3.38. The maximum absolute atomic E-state index is 12.7. The van der Waals surface area contributed by atoms with Crippen LogP contribution >= 0.6 is 23.2 Å². The molecule has 2 aromatic rings. The van der Waals surface area contributed by atoms with Gasteiger partial charge in [0.25, 0.3) is 17.7 Å². The maximum atomic E-state index is 12.7. The van der Waals surface area contributed by atoms with Crippen molar-refractivity contribution in [3.8, 4) is 5.75 Å². The van der Waals surface area contributed by atoms with E-state index in [0.29, 0.717) is 42.6 Å². The minimum atomic E-state index is -0.832. The standard InChI is InChI=1S/C25H28Cl2N4O5/c1-16(2)23(29-24(33)20-8-5-18(26)13-21(20)27)25(34)30-28-14-17-3-6-19(7-4-17)36-15-22(32)31-9-11-35-12-10-31/h3-8,13-14,16,23H,9-12,15H2,1-2H3,(H,29,33)(H,30,34)/b28-14+. The van der Waals surface area contributed by atoms with E-state index in [9.17, 15) is 14.4 Å². The van der Waals surface area contributed by atoms with Crippen molar-refractivity contribution in [2.24, 2.45) is 11.0 Å². The molecule has 1 fully saturated rings. The Morgan fingerprint density at radius 2 is 1.81 bits per heavy atom. The minimum absolute atomic E-state index is 0.0486. The Morgan fingerprint density at radius 1 is 1.11 bits per heavy atom. The zero-order chi connectivity index (χ0) is 26.1. The normalized spacial score (nSPS) is 14.5. The summed E-state index contributed by atoms with van der Waals surface area (Å²) in [4.78, 5) is 39.1. The number of nitrogens with zero attached hydrogens (tertiary/aromatic N) is 2. The number of morpholine rings is 1. The first-order chi connectivity index (χ1) is 17.2. The smallest absolute Gasteiger partial charge is 0.262 e. The monoisotopic (exact) mass is 534 g/mol. The van der Waals surface area contributed by atoms with Gasteiger partial charge < -0.3 is 19.7 Å². The van der Waals surface area contributed by atoms with Gasteiger partial charge in [-0.3, -0.25) is 14.4 Å². The summed E-state index contributed by atoms with van der Waals surface area (Å²) in [5, 5.41) is 7.28. The lowest BCUT2D eigenvalue weighted by Gasteiger charge is -2.26. The molecule has 1 saturated heterocycles. The second-order valence-electron chi connectivity index (χ2n) is 8.40. The van der Waals surface area contributed by atoms with E-state index in [1.54, 1.807) is 49.1 Å². The molecule has 192 valence electrons. The topological polar surface area (TPSA) is 109 Å². The molecule has 2 aromatic carbocycles. The van der Waals surface area contributed by atoms with Crippen LogP contribution in [0.25, 0.3) is 0 Å². The summed E-state index contributed by atoms with van der Waals surface area (Å²) in [7, 11) is 0. The molecular formula is C25H28Cl2N4O5. The van der Waals surface area contributed by atoms with E-state index < -0.39 is 17.9 Å². The SMILES string of the molecule is CC(C)C(NC(=O)c1ccc(Cl)cc1Cl)C(=O)N/N=C/c1ccc(OCC(=O)N2CCOCC2)cc1. The van der Waals surface area contributed by atoms with E-state index in [0.717, 1.165) is 0 Å². The molecular weight excluding hydrogens is 507 g/mol. The molecule has 1 aliphatic rings. The number of hydrogen-bond donors (Lipinski definition) is 2. The molecule has 9 nitrogen and oxygen atoms in total. The van der Waals surface area contributed by atoms with E-state index in [1.807, 2.05) is 0 Å². The van der Waals surface area contributed by atoms with Crippen molar-refractivity contribution >= 4 is 47.1 Å². The molecule has 11 heteroatoms. The highest BCUT2D eigenvalue weighted by Gasteiger charge is 2.25. The predicted octanol–water partition coefficient (Wildman–Crippen LogP) is 3.14. The van der Waals surface area contributed by atoms with Crippen LogP contribution in [0.3, 0.4) is 0 Å². The fourth-order valence-corrected chi connectivity index (χ4v) is 3.86. The van der Waals surface area contributed by atoms with Gasteiger partial charge in [0.2, 0.25) is 0 Å². The molecule has 0 spiro atoms. The number of amides is 3. The van der Waals surface area contributed by atoms with Crippen LogP contribution in [0.4, 0.5) is 0 Å². The average molecular weight is 535 g/mol. The first-order valence-electron chi connectivity index (χ1n) is 11.4. The number of hydrogen-bond acceptors (Lipinski definition) is 6. The Balaban J connectivity index is 1.50. The number of carbonyl (C=O) groups is 3. The third kappa shape index (κ3) is 7.94. The highest BCUT2D eigenvalue weighted by atomic mass is 35.5. The van der Waals surface area contributed by atoms with Crippen molar-refractivity contribution < 1.29 is 23.9 Å². The summed E-state index contributed by atoms with van der Waals surface area (Å²) in [6.07, 6.45) is 1.47. The number of carbonyl (C=O) groups excluding carboxylic acids is 3. The van der Waals surface area contributed by atoms with Gasteiger partial charge in [0, 0.05) is 18.1 Å². The van der Waals surface area contributed by atoms with Crippen LogP contribution in [0.15, 0.2) is 47.6 Å². The van der Waals surface area contributed by atoms with Crippen LogP contribution in [0.2, 0.25) is 10.0 Å². The van der Waals surface area contributed by atoms with Crippen LogP contribution in [-0.4, -0.2) is 67.8 Å². The molecule has 0 aliphatic carbocycles. The molecule has 36 heavy (non-hydrogen) atoms. The van der Waals surface area contributed by atoms with Crippen LogP contribution in [0, 0.1) is 5.92 Å². The molecule has 1 atom stereocenters. The number of hydrazone groups is 1. The zero-order valence-electron chi connectivity index (χ0n) is 20.0. The first-order valence-corrected chi connectivity index (χ1v) is 12.2. The van der Waals surface area contributed by atoms with Crippen LogP contribution in [0.5, 0.6) is 5.75 Å². The Kier molecular flexibility index (Phi) is 10.1. The number of ether oxygens (including phenoxy) is 2. The summed E-state index contributed by atoms with van der Waals surface area (Å²) in [5.74, 6) is -0.705. The number of nitrogens with one attached hydrogen (secondary N) is 2. The lowest BCUT2D eigenvalue weighted by atomic mass is 10.0. The summed E-state index contributed by atoms with van der Waals surface area (Å²) in [6, 6.07) is 10.6. The number of halogens is 2. The van der Waals surface area contributed by atoms with Crippen molar-refractivity contribution in [2.45, 2.75) is 19.9 Å². The molecule has 0 bridgehead atoms. The van der Waals surface area contributed by atoms with Gasteiger partial charge in [0.05, 0.1) is 30.0 Å². The molecule has 1 unspecified atom stereocenters. The molecule has 1 heterocycles. The second kappa shape index (κ2) is 13.2. The zero-order valence-corrected chi connectivity index (χ0v) is 21.5. The van der Waals surface area contributed by atoms with E-state index in [4.69, 9.17) is 32.7 Å². The Labute approximate surface area is 219 Å². The fourth-order valence-electron chi connectivity index (χ4n) is 3.37. The Bertz CT molecular complexity index is 1100. The van der Waals surface area contributed by atoms with Gasteiger partial charge in [0.15, 0.2) is 6.61 Å². The van der Waals surface area contributed by atoms with Crippen molar-refractivity contribution in [1.29, 1.82) is 0 Å². The first kappa shape index (κ1) is 27.4. The maximum Gasteiger partial charge on any atom is 0.262 e. The summed E-state index contributed by atoms with van der Waals surface area (Å²) < 4.78 is 10.8. The van der Waals surface area contributed by atoms with Crippen LogP contribution in [0.1, 0.15) is 29.8 Å². The van der Waals surface area contributed by atoms with Gasteiger partial charge in [-0.05, 0) is 53.9 Å². The van der Waals surface area contributed by atoms with Gasteiger partial charge in [-0.1, -0.05) is 37.0 Å². The molecule has 0 radical (unpaired) electrons. The molecule has 0 saturated carbocycles. The van der Waals surface area contributed by atoms with Crippen molar-refractivity contribution in [3.63, 3.8) is 0 Å². The third-order valence-electron chi connectivity index (χ3n) is 5.41. The van der Waals surface area contributed by atoms with Gasteiger partial charge >= 0.3 is 0 Å². The quantitative estimate of drug-likeness (QED) is 0.379. The van der Waals surface area contributed by atoms with Crippen molar-refractivity contribution in [1.82, 2.24) is 15.6 Å². The Hall–Kier alpha value is -3.14. The molecule has 1 aliphatic heterocycles. The van der Waals surface area contributed by atoms with Crippen molar-refractivity contribution in [2.75, 3.05) is 32.9 Å². The highest BCUT2D eigenvalue weighted by molar-refractivity contribution is 6.36. The van der Waals surface area contributed by atoms with Gasteiger partial charge in [0.1, 0.15) is 11.8 Å². The van der Waals surface area contributed by atoms with Crippen LogP contribution < -0.4 is 15.5 Å². The molecule has 3 amide bonds. The third-order valence-corrected chi connectivity index (χ3v) is 5.95. The minimum Gasteiger partial charge on any atom is -0.484 e. The second-order valence-corrected chi connectivity index (χ2v) is 9.25. The van der Waals surface area contributed by atoms with E-state index >= 15 is 0 Å². The molecule has 2 N–H and O–H groups in total. The molecule has 3 rings (SSSR count). The van der Waals surface area contributed by atoms with E-state index in [1.165, 1.54) is 18.3 Å². The van der Waals surface area contributed by atoms with Gasteiger partial charge in [-0.25, -0.2) is 5.43 Å². The lowest BCUT2D eigenvalue weighted by Crippen LogP contribution is -2.48. The summed E-state index contributed by atoms with van der Waals surface area (Å²) >= 11 is 12.0. The number of rotatable bonds is 9. The van der Waals surface area contributed by atoms with Gasteiger partial charge in [-0.15, -0.1) is 0 Å². The van der Waals surface area contributed by atoms with E-state index in [-0.39, 0.29) is 29.0 Å². The van der Waals surface area contributed by atoms with Crippen molar-refractivity contribution in [3.05, 3.63) is 63.6 Å². The number of benzene rings is 2. The molecule has 0 aromatic heterocycles. The van der Waals surface area contributed by atoms with Crippen LogP contribution in [-0.2, 0) is 14.3 Å². The Morgan fingerprint density at radius 3 is 2.44 bits per heavy atom. The highest BCUT2D eigenvalue weighted by Crippen LogP contribution is 2.21. The fraction of sp³-hybridized carbons (Fsp3) is 0.360. The average Bonchev–Trinajstić information content (AvgIpc) is 2.86. The predicted molar refractivity (Wildman–Crippen MR) is 138 cm³/mol.